The number of para-hydroxylation sites is 1. The number of nitrogens with one attached hydrogen (secondary N) is 1. The zero-order valence-corrected chi connectivity index (χ0v) is 29.5. The van der Waals surface area contributed by atoms with Crippen LogP contribution in [0.1, 0.15) is 44.9 Å². The van der Waals surface area contributed by atoms with E-state index in [0.29, 0.717) is 5.39 Å². The zero-order chi connectivity index (χ0) is 34.0. The Morgan fingerprint density at radius 1 is 0.872 bits per heavy atom. The molecule has 0 aliphatic carbocycles. The number of rotatable bonds is 10. The van der Waals surface area contributed by atoms with Crippen LogP contribution in [0.25, 0.3) is 10.9 Å². The van der Waals surface area contributed by atoms with E-state index in [1.54, 1.807) is 13.0 Å². The SMILES string of the molecule is C[C@@H](Nc1nc(Cl)nc2cc(F)c(Br)cc12)c1cccc(C(F)(F)F)c1OCCO[Si](c1ccccc1)(c1ccccc1)C(C)(C)C. The van der Waals surface area contributed by atoms with Crippen LogP contribution in [0.5, 0.6) is 5.75 Å². The highest BCUT2D eigenvalue weighted by molar-refractivity contribution is 9.10. The van der Waals surface area contributed by atoms with Gasteiger partial charge in [-0.15, -0.1) is 0 Å². The van der Waals surface area contributed by atoms with Gasteiger partial charge in [0.25, 0.3) is 8.32 Å². The van der Waals surface area contributed by atoms with Crippen LogP contribution >= 0.6 is 27.5 Å². The molecule has 0 unspecified atom stereocenters. The zero-order valence-electron chi connectivity index (χ0n) is 26.1. The van der Waals surface area contributed by atoms with Gasteiger partial charge in [-0.25, -0.2) is 14.4 Å². The molecule has 0 amide bonds. The topological polar surface area (TPSA) is 56.3 Å². The number of fused-ring (bicyclic) bond motifs is 1. The molecule has 4 aromatic carbocycles. The number of ether oxygens (including phenoxy) is 1. The molecule has 1 aromatic heterocycles. The fourth-order valence-corrected chi connectivity index (χ4v) is 10.9. The van der Waals surface area contributed by atoms with Crippen molar-refractivity contribution in [3.05, 3.63) is 118 Å². The predicted molar refractivity (Wildman–Crippen MR) is 185 cm³/mol. The van der Waals surface area contributed by atoms with Crippen LogP contribution in [0.2, 0.25) is 10.3 Å². The molecular formula is C35H33BrClF4N3O2Si. The third kappa shape index (κ3) is 7.33. The smallest absolute Gasteiger partial charge is 0.419 e. The van der Waals surface area contributed by atoms with Crippen LogP contribution in [0.3, 0.4) is 0 Å². The van der Waals surface area contributed by atoms with Gasteiger partial charge in [-0.2, -0.15) is 13.2 Å². The van der Waals surface area contributed by atoms with Gasteiger partial charge in [0.05, 0.1) is 28.2 Å². The van der Waals surface area contributed by atoms with Gasteiger partial charge in [0.15, 0.2) is 0 Å². The Balaban J connectivity index is 1.47. The van der Waals surface area contributed by atoms with E-state index >= 15 is 0 Å². The first kappa shape index (κ1) is 34.8. The van der Waals surface area contributed by atoms with Crippen LogP contribution in [-0.2, 0) is 10.6 Å². The highest BCUT2D eigenvalue weighted by Gasteiger charge is 2.50. The maximum Gasteiger partial charge on any atom is 0.419 e. The maximum absolute atomic E-state index is 14.4. The fraction of sp³-hybridized carbons (Fsp3) is 0.257. The molecule has 0 saturated carbocycles. The summed E-state index contributed by atoms with van der Waals surface area (Å²) in [6.45, 7) is 7.97. The number of aromatic nitrogens is 2. The van der Waals surface area contributed by atoms with Gasteiger partial charge in [-0.3, -0.25) is 0 Å². The number of nitrogens with zero attached hydrogens (tertiary/aromatic N) is 2. The molecule has 5 nitrogen and oxygen atoms in total. The molecule has 0 radical (unpaired) electrons. The summed E-state index contributed by atoms with van der Waals surface area (Å²) in [5.74, 6) is -0.630. The molecule has 5 aromatic rings. The standard InChI is InChI=1S/C35H33BrClF4N3O2Si/c1-22(42-32-26-20-28(36)29(38)21-30(26)43-33(37)44-32)25-16-11-17-27(35(39,40)41)31(25)45-18-19-46-47(34(2,3)4,23-12-7-5-8-13-23)24-14-9-6-10-15-24/h5-17,20-22H,18-19H2,1-4H3,(H,42,43,44)/t22-/m1/s1. The van der Waals surface area contributed by atoms with Gasteiger partial charge in [-0.05, 0) is 62.0 Å². The van der Waals surface area contributed by atoms with E-state index < -0.39 is 31.9 Å². The van der Waals surface area contributed by atoms with Gasteiger partial charge in [-0.1, -0.05) is 93.6 Å². The average molecular weight is 747 g/mol. The summed E-state index contributed by atoms with van der Waals surface area (Å²) < 4.78 is 70.3. The summed E-state index contributed by atoms with van der Waals surface area (Å²) in [6.07, 6.45) is -4.68. The summed E-state index contributed by atoms with van der Waals surface area (Å²) in [5.41, 5.74) is -0.430. The van der Waals surface area contributed by atoms with Crippen LogP contribution < -0.4 is 20.4 Å². The highest BCUT2D eigenvalue weighted by Crippen LogP contribution is 2.42. The summed E-state index contributed by atoms with van der Waals surface area (Å²) in [6, 6.07) is 25.8. The monoisotopic (exact) mass is 745 g/mol. The molecular weight excluding hydrogens is 714 g/mol. The van der Waals surface area contributed by atoms with Crippen molar-refractivity contribution in [1.82, 2.24) is 9.97 Å². The molecule has 12 heteroatoms. The molecule has 0 spiro atoms. The second-order valence-corrected chi connectivity index (χ2v) is 17.6. The molecule has 0 aliphatic heterocycles. The van der Waals surface area contributed by atoms with Crippen molar-refractivity contribution in [2.24, 2.45) is 0 Å². The lowest BCUT2D eigenvalue weighted by molar-refractivity contribution is -0.139. The Labute approximate surface area is 285 Å². The number of benzene rings is 4. The maximum atomic E-state index is 14.4. The lowest BCUT2D eigenvalue weighted by atomic mass is 10.0. The van der Waals surface area contributed by atoms with Crippen molar-refractivity contribution in [3.63, 3.8) is 0 Å². The van der Waals surface area contributed by atoms with Crippen molar-refractivity contribution >= 4 is 62.9 Å². The third-order valence-electron chi connectivity index (χ3n) is 7.95. The van der Waals surface area contributed by atoms with E-state index in [4.69, 9.17) is 20.8 Å². The van der Waals surface area contributed by atoms with Crippen LogP contribution in [-0.4, -0.2) is 31.5 Å². The Morgan fingerprint density at radius 3 is 2.06 bits per heavy atom. The van der Waals surface area contributed by atoms with E-state index in [1.807, 2.05) is 60.7 Å². The van der Waals surface area contributed by atoms with E-state index in [1.165, 1.54) is 18.2 Å². The van der Waals surface area contributed by atoms with Crippen molar-refractivity contribution < 1.29 is 26.7 Å². The van der Waals surface area contributed by atoms with Gasteiger partial charge < -0.3 is 14.5 Å². The predicted octanol–water partition coefficient (Wildman–Crippen LogP) is 9.33. The van der Waals surface area contributed by atoms with Gasteiger partial charge in [0.2, 0.25) is 5.28 Å². The van der Waals surface area contributed by atoms with Crippen molar-refractivity contribution in [2.75, 3.05) is 18.5 Å². The number of anilines is 1. The molecule has 47 heavy (non-hydrogen) atoms. The Morgan fingerprint density at radius 2 is 1.49 bits per heavy atom. The minimum Gasteiger partial charge on any atom is -0.490 e. The van der Waals surface area contributed by atoms with E-state index in [-0.39, 0.29) is 50.7 Å². The molecule has 0 aliphatic rings. The number of hydrogen-bond donors (Lipinski definition) is 1. The van der Waals surface area contributed by atoms with Crippen molar-refractivity contribution in [3.8, 4) is 5.75 Å². The van der Waals surface area contributed by atoms with Gasteiger partial charge >= 0.3 is 6.18 Å². The Bertz CT molecular complexity index is 1820. The van der Waals surface area contributed by atoms with Crippen molar-refractivity contribution in [2.45, 2.75) is 45.0 Å². The first-order chi connectivity index (χ1) is 22.2. The summed E-state index contributed by atoms with van der Waals surface area (Å²) in [7, 11) is -2.94. The average Bonchev–Trinajstić information content (AvgIpc) is 3.01. The lowest BCUT2D eigenvalue weighted by Crippen LogP contribution is -2.66. The molecule has 5 rings (SSSR count). The van der Waals surface area contributed by atoms with Crippen molar-refractivity contribution in [1.29, 1.82) is 0 Å². The van der Waals surface area contributed by atoms with Gasteiger partial charge in [0.1, 0.15) is 24.0 Å². The number of hydrogen-bond acceptors (Lipinski definition) is 5. The summed E-state index contributed by atoms with van der Waals surface area (Å²) in [5, 5.41) is 5.21. The number of alkyl halides is 3. The van der Waals surface area contributed by atoms with Gasteiger partial charge in [0, 0.05) is 17.0 Å². The minimum absolute atomic E-state index is 0.0481. The first-order valence-corrected chi connectivity index (χ1v) is 18.0. The number of halogens is 6. The molecule has 0 fully saturated rings. The largest absolute Gasteiger partial charge is 0.490 e. The Hall–Kier alpha value is -3.51. The second kappa shape index (κ2) is 13.9. The van der Waals surface area contributed by atoms with E-state index in [9.17, 15) is 17.6 Å². The molecule has 1 heterocycles. The van der Waals surface area contributed by atoms with E-state index in [2.05, 4.69) is 52.0 Å². The van der Waals surface area contributed by atoms with Crippen LogP contribution in [0.4, 0.5) is 23.4 Å². The first-order valence-electron chi connectivity index (χ1n) is 14.9. The lowest BCUT2D eigenvalue weighted by Gasteiger charge is -2.43. The molecule has 0 bridgehead atoms. The third-order valence-corrected chi connectivity index (χ3v) is 13.8. The molecule has 1 atom stereocenters. The quantitative estimate of drug-likeness (QED) is 0.0669. The summed E-state index contributed by atoms with van der Waals surface area (Å²) >= 11 is 9.29. The van der Waals surface area contributed by atoms with E-state index in [0.717, 1.165) is 16.4 Å². The highest BCUT2D eigenvalue weighted by atomic mass is 79.9. The fourth-order valence-electron chi connectivity index (χ4n) is 5.87. The molecule has 1 N–H and O–H groups in total. The van der Waals surface area contributed by atoms with Crippen LogP contribution in [0, 0.1) is 5.82 Å². The van der Waals surface area contributed by atoms with Crippen LogP contribution in [0.15, 0.2) is 95.5 Å². The second-order valence-electron chi connectivity index (χ2n) is 12.1. The normalized spacial score (nSPS) is 13.1. The molecule has 0 saturated heterocycles. The molecule has 246 valence electrons. The Kier molecular flexibility index (Phi) is 10.3. The minimum atomic E-state index is -4.68. The summed E-state index contributed by atoms with van der Waals surface area (Å²) in [4.78, 5) is 8.33.